The fourth-order valence-corrected chi connectivity index (χ4v) is 5.33. The highest BCUT2D eigenvalue weighted by atomic mass is 16.5. The van der Waals surface area contributed by atoms with Gasteiger partial charge in [0.2, 0.25) is 11.8 Å². The van der Waals surface area contributed by atoms with Crippen molar-refractivity contribution in [3.8, 4) is 0 Å². The maximum atomic E-state index is 13.5. The van der Waals surface area contributed by atoms with E-state index in [1.165, 1.54) is 5.56 Å². The molecule has 3 aliphatic rings. The summed E-state index contributed by atoms with van der Waals surface area (Å²) in [6, 6.07) is 6.30. The van der Waals surface area contributed by atoms with Gasteiger partial charge in [-0.05, 0) is 25.0 Å². The van der Waals surface area contributed by atoms with Crippen molar-refractivity contribution in [1.82, 2.24) is 19.6 Å². The van der Waals surface area contributed by atoms with E-state index in [-0.39, 0.29) is 17.9 Å². The van der Waals surface area contributed by atoms with Crippen molar-refractivity contribution in [2.75, 3.05) is 13.6 Å². The van der Waals surface area contributed by atoms with E-state index in [0.717, 1.165) is 16.7 Å². The quantitative estimate of drug-likeness (QED) is 0.694. The Kier molecular flexibility index (Phi) is 4.55. The number of ether oxygens (including phenoxy) is 1. The van der Waals surface area contributed by atoms with Crippen LogP contribution in [0.4, 0.5) is 0 Å². The molecule has 4 heterocycles. The minimum absolute atomic E-state index is 0.0147. The summed E-state index contributed by atoms with van der Waals surface area (Å²) in [5, 5.41) is 4.17. The van der Waals surface area contributed by atoms with Crippen LogP contribution < -0.4 is 0 Å². The van der Waals surface area contributed by atoms with Gasteiger partial charge >= 0.3 is 0 Å². The zero-order valence-corrected chi connectivity index (χ0v) is 18.4. The van der Waals surface area contributed by atoms with Crippen LogP contribution in [0.1, 0.15) is 22.3 Å². The summed E-state index contributed by atoms with van der Waals surface area (Å²) in [6.45, 7) is 5.62. The Morgan fingerprint density at radius 3 is 2.90 bits per heavy atom. The summed E-state index contributed by atoms with van der Waals surface area (Å²) in [4.78, 5) is 30.5. The van der Waals surface area contributed by atoms with Crippen LogP contribution in [0.2, 0.25) is 0 Å². The first kappa shape index (κ1) is 20.0. The second-order valence-corrected chi connectivity index (χ2v) is 9.24. The monoisotopic (exact) mass is 420 g/mol. The molecule has 0 N–H and O–H groups in total. The van der Waals surface area contributed by atoms with Gasteiger partial charge in [-0.15, -0.1) is 0 Å². The van der Waals surface area contributed by atoms with Crippen LogP contribution in [0.5, 0.6) is 0 Å². The smallest absolute Gasteiger partial charge is 0.230 e. The Balaban J connectivity index is 1.37. The number of aryl methyl sites for hydroxylation is 3. The third-order valence-electron chi connectivity index (χ3n) is 6.88. The highest BCUT2D eigenvalue weighted by Crippen LogP contribution is 2.52. The third-order valence-corrected chi connectivity index (χ3v) is 6.88. The number of amides is 2. The average molecular weight is 421 g/mol. The Bertz CT molecular complexity index is 1090. The predicted octanol–water partition coefficient (Wildman–Crippen LogP) is 1.98. The highest BCUT2D eigenvalue weighted by Gasteiger charge is 2.67. The van der Waals surface area contributed by atoms with Crippen molar-refractivity contribution in [3.63, 3.8) is 0 Å². The summed E-state index contributed by atoms with van der Waals surface area (Å²) in [7, 11) is 3.64. The van der Waals surface area contributed by atoms with Crippen LogP contribution >= 0.6 is 0 Å². The van der Waals surface area contributed by atoms with Crippen molar-refractivity contribution < 1.29 is 14.3 Å². The van der Waals surface area contributed by atoms with E-state index in [1.807, 2.05) is 30.3 Å². The first-order valence-corrected chi connectivity index (χ1v) is 10.7. The van der Waals surface area contributed by atoms with Crippen LogP contribution in [0.25, 0.3) is 0 Å². The largest absolute Gasteiger partial charge is 0.360 e. The lowest BCUT2D eigenvalue weighted by Crippen LogP contribution is -2.44. The maximum Gasteiger partial charge on any atom is 0.230 e. The topological polar surface area (TPSA) is 67.7 Å². The number of benzene rings is 1. The predicted molar refractivity (Wildman–Crippen MR) is 115 cm³/mol. The Morgan fingerprint density at radius 1 is 1.35 bits per heavy atom. The lowest BCUT2D eigenvalue weighted by atomic mass is 9.76. The molecule has 3 aliphatic heterocycles. The summed E-state index contributed by atoms with van der Waals surface area (Å²) in [5.41, 5.74) is 3.75. The van der Waals surface area contributed by atoms with Gasteiger partial charge in [-0.1, -0.05) is 35.9 Å². The standard InChI is InChI=1S/C24H28N4O3/c1-15-5-6-16(2)18(9-15)13-28-14-24-8-7-19(31-24)20(21(24)23(28)30)22(29)26(3)11-17-10-25-27(4)12-17/h5-10,12,19-21H,11,13-14H2,1-4H3/t19-,20+,21+,24-/m0/s1. The molecule has 0 radical (unpaired) electrons. The molecule has 2 saturated heterocycles. The second kappa shape index (κ2) is 7.05. The van der Waals surface area contributed by atoms with Gasteiger partial charge in [-0.2, -0.15) is 5.10 Å². The minimum Gasteiger partial charge on any atom is -0.360 e. The molecule has 7 heteroatoms. The van der Waals surface area contributed by atoms with Gasteiger partial charge in [0.25, 0.3) is 0 Å². The Morgan fingerprint density at radius 2 is 2.16 bits per heavy atom. The molecule has 5 rings (SSSR count). The Labute approximate surface area is 182 Å². The first-order chi connectivity index (χ1) is 14.8. The third kappa shape index (κ3) is 3.19. The van der Waals surface area contributed by atoms with E-state index < -0.39 is 17.4 Å². The number of rotatable bonds is 5. The highest BCUT2D eigenvalue weighted by molar-refractivity contribution is 5.93. The van der Waals surface area contributed by atoms with Gasteiger partial charge in [0, 0.05) is 38.9 Å². The lowest BCUT2D eigenvalue weighted by molar-refractivity contribution is -0.142. The minimum atomic E-state index is -0.686. The molecule has 1 aromatic heterocycles. The molecule has 2 bridgehead atoms. The van der Waals surface area contributed by atoms with Crippen molar-refractivity contribution in [2.24, 2.45) is 18.9 Å². The normalized spacial score (nSPS) is 28.5. The molecular weight excluding hydrogens is 392 g/mol. The lowest BCUT2D eigenvalue weighted by Gasteiger charge is -2.27. The molecule has 1 spiro atoms. The van der Waals surface area contributed by atoms with Gasteiger partial charge in [0.1, 0.15) is 5.60 Å². The van der Waals surface area contributed by atoms with E-state index in [9.17, 15) is 9.59 Å². The molecule has 31 heavy (non-hydrogen) atoms. The number of hydrogen-bond acceptors (Lipinski definition) is 4. The Hall–Kier alpha value is -2.93. The molecule has 0 aliphatic carbocycles. The molecule has 2 fully saturated rings. The number of hydrogen-bond donors (Lipinski definition) is 0. The van der Waals surface area contributed by atoms with Crippen molar-refractivity contribution in [3.05, 3.63) is 65.0 Å². The number of aromatic nitrogens is 2. The average Bonchev–Trinajstić information content (AvgIpc) is 3.46. The number of likely N-dealkylation sites (tertiary alicyclic amines) is 1. The van der Waals surface area contributed by atoms with E-state index in [2.05, 4.69) is 37.1 Å². The van der Waals surface area contributed by atoms with Gasteiger partial charge in [-0.3, -0.25) is 14.3 Å². The molecule has 162 valence electrons. The van der Waals surface area contributed by atoms with E-state index in [1.54, 1.807) is 22.8 Å². The van der Waals surface area contributed by atoms with E-state index in [4.69, 9.17) is 4.74 Å². The van der Waals surface area contributed by atoms with Crippen molar-refractivity contribution in [2.45, 2.75) is 38.6 Å². The van der Waals surface area contributed by atoms with Crippen LogP contribution in [-0.2, 0) is 34.5 Å². The van der Waals surface area contributed by atoms with E-state index in [0.29, 0.717) is 19.6 Å². The van der Waals surface area contributed by atoms with Gasteiger partial charge < -0.3 is 14.5 Å². The summed E-state index contributed by atoms with van der Waals surface area (Å²) >= 11 is 0. The van der Waals surface area contributed by atoms with Crippen LogP contribution in [0, 0.1) is 25.7 Å². The number of nitrogens with zero attached hydrogens (tertiary/aromatic N) is 4. The fourth-order valence-electron chi connectivity index (χ4n) is 5.33. The molecule has 2 aromatic rings. The van der Waals surface area contributed by atoms with Crippen LogP contribution in [0.15, 0.2) is 42.7 Å². The molecule has 1 aromatic carbocycles. The first-order valence-electron chi connectivity index (χ1n) is 10.7. The molecule has 7 nitrogen and oxygen atoms in total. The molecule has 4 atom stereocenters. The van der Waals surface area contributed by atoms with Crippen molar-refractivity contribution in [1.29, 1.82) is 0 Å². The molecule has 2 amide bonds. The van der Waals surface area contributed by atoms with Crippen LogP contribution in [-0.4, -0.2) is 56.7 Å². The zero-order valence-electron chi connectivity index (χ0n) is 18.4. The molecular formula is C24H28N4O3. The summed E-state index contributed by atoms with van der Waals surface area (Å²) < 4.78 is 8.00. The van der Waals surface area contributed by atoms with Gasteiger partial charge in [-0.25, -0.2) is 0 Å². The summed E-state index contributed by atoms with van der Waals surface area (Å²) in [5.74, 6) is -0.980. The zero-order chi connectivity index (χ0) is 21.9. The maximum absolute atomic E-state index is 13.5. The summed E-state index contributed by atoms with van der Waals surface area (Å²) in [6.07, 6.45) is 7.30. The van der Waals surface area contributed by atoms with Crippen molar-refractivity contribution >= 4 is 11.8 Å². The number of carbonyl (C=O) groups excluding carboxylic acids is 2. The number of carbonyl (C=O) groups is 2. The SMILES string of the molecule is Cc1ccc(C)c(CN2C[C@]34C=C[C@H](O3)[C@@H](C(=O)N(C)Cc3cnn(C)c3)[C@@H]4C2=O)c1. The van der Waals surface area contributed by atoms with Crippen LogP contribution in [0.3, 0.4) is 0 Å². The van der Waals surface area contributed by atoms with E-state index >= 15 is 0 Å². The number of fused-ring (bicyclic) bond motifs is 1. The molecule has 0 saturated carbocycles. The second-order valence-electron chi connectivity index (χ2n) is 9.24. The van der Waals surface area contributed by atoms with Gasteiger partial charge in [0.15, 0.2) is 0 Å². The fraction of sp³-hybridized carbons (Fsp3) is 0.458. The van der Waals surface area contributed by atoms with Gasteiger partial charge in [0.05, 0.1) is 30.7 Å². The molecule has 0 unspecified atom stereocenters.